The number of hydrogen-bond donors (Lipinski definition) is 0. The first-order valence-corrected chi connectivity index (χ1v) is 13.9. The van der Waals surface area contributed by atoms with Gasteiger partial charge < -0.3 is 4.74 Å². The fourth-order valence-electron chi connectivity index (χ4n) is 9.21. The maximum Gasteiger partial charge on any atom is 0.302 e. The summed E-state index contributed by atoms with van der Waals surface area (Å²) in [4.78, 5) is 11.5. The van der Waals surface area contributed by atoms with E-state index in [1.807, 2.05) is 5.57 Å². The Kier molecular flexibility index (Phi) is 6.67. The molecule has 2 nitrogen and oxygen atoms in total. The van der Waals surface area contributed by atoms with E-state index in [0.29, 0.717) is 22.2 Å². The van der Waals surface area contributed by atoms with E-state index in [1.165, 1.54) is 57.8 Å². The van der Waals surface area contributed by atoms with Crippen molar-refractivity contribution in [3.05, 3.63) is 11.6 Å². The van der Waals surface area contributed by atoms with Crippen LogP contribution in [0.5, 0.6) is 0 Å². The van der Waals surface area contributed by atoms with Gasteiger partial charge >= 0.3 is 5.97 Å². The molecule has 0 aromatic rings. The Bertz CT molecular complexity index is 737. The van der Waals surface area contributed by atoms with Crippen molar-refractivity contribution in [1.29, 1.82) is 0 Å². The minimum atomic E-state index is -0.105. The van der Waals surface area contributed by atoms with Gasteiger partial charge in [0, 0.05) is 6.92 Å². The summed E-state index contributed by atoms with van der Waals surface area (Å²) < 4.78 is 5.65. The first-order chi connectivity index (χ1) is 15.0. The molecular weight excluding hydrogens is 392 g/mol. The van der Waals surface area contributed by atoms with Crippen molar-refractivity contribution in [3.8, 4) is 0 Å². The number of carbonyl (C=O) groups is 1. The Morgan fingerprint density at radius 2 is 1.81 bits per heavy atom. The van der Waals surface area contributed by atoms with Gasteiger partial charge in [0.15, 0.2) is 0 Å². The van der Waals surface area contributed by atoms with Gasteiger partial charge in [-0.3, -0.25) is 4.79 Å². The van der Waals surface area contributed by atoms with Gasteiger partial charge in [-0.1, -0.05) is 72.5 Å². The fraction of sp³-hybridized carbons (Fsp3) is 0.900. The fourth-order valence-corrected chi connectivity index (χ4v) is 9.21. The molecule has 4 rings (SSSR count). The van der Waals surface area contributed by atoms with Crippen molar-refractivity contribution in [2.75, 3.05) is 0 Å². The largest absolute Gasteiger partial charge is 0.463 e. The van der Waals surface area contributed by atoms with E-state index in [4.69, 9.17) is 4.74 Å². The summed E-state index contributed by atoms with van der Waals surface area (Å²) >= 11 is 0. The lowest BCUT2D eigenvalue weighted by molar-refractivity contribution is -0.152. The lowest BCUT2D eigenvalue weighted by Crippen LogP contribution is -2.53. The smallest absolute Gasteiger partial charge is 0.302 e. The number of ether oxygens (including phenoxy) is 1. The number of allylic oxidation sites excluding steroid dienone is 2. The molecule has 0 aliphatic heterocycles. The topological polar surface area (TPSA) is 26.3 Å². The zero-order valence-corrected chi connectivity index (χ0v) is 22.1. The highest BCUT2D eigenvalue weighted by Crippen LogP contribution is 2.72. The van der Waals surface area contributed by atoms with E-state index in [-0.39, 0.29) is 12.1 Å². The predicted molar refractivity (Wildman–Crippen MR) is 133 cm³/mol. The van der Waals surface area contributed by atoms with Crippen molar-refractivity contribution in [2.24, 2.45) is 45.8 Å². The highest BCUT2D eigenvalue weighted by atomic mass is 16.5. The predicted octanol–water partition coefficient (Wildman–Crippen LogP) is 8.35. The van der Waals surface area contributed by atoms with Crippen LogP contribution in [0.3, 0.4) is 0 Å². The average molecular weight is 443 g/mol. The van der Waals surface area contributed by atoms with E-state index in [0.717, 1.165) is 36.5 Å². The standard InChI is InChI=1S/C30H50O2/c1-20(2)9-8-10-21(3)25-14-17-30(7)27-12-11-23-19-24(32-22(4)31)13-16-28(23,5)26(27)15-18-29(25,30)6/h12,20-21,23-26H,8-11,13-19H2,1-7H3/t21-,23+,24+,25-,26+,28+,29-,30+/m1/s1. The van der Waals surface area contributed by atoms with Crippen LogP contribution >= 0.6 is 0 Å². The second-order valence-corrected chi connectivity index (χ2v) is 13.4. The number of hydrogen-bond acceptors (Lipinski definition) is 2. The summed E-state index contributed by atoms with van der Waals surface area (Å²) in [7, 11) is 0. The second kappa shape index (κ2) is 8.77. The molecule has 4 aliphatic rings. The monoisotopic (exact) mass is 442 g/mol. The third-order valence-corrected chi connectivity index (χ3v) is 11.4. The van der Waals surface area contributed by atoms with Crippen molar-refractivity contribution < 1.29 is 9.53 Å². The quantitative estimate of drug-likeness (QED) is 0.305. The number of fused-ring (bicyclic) bond motifs is 5. The summed E-state index contributed by atoms with van der Waals surface area (Å²) in [5, 5.41) is 0. The molecule has 0 heterocycles. The molecule has 8 atom stereocenters. The Morgan fingerprint density at radius 1 is 1.06 bits per heavy atom. The van der Waals surface area contributed by atoms with Crippen LogP contribution in [0, 0.1) is 45.8 Å². The van der Waals surface area contributed by atoms with Crippen molar-refractivity contribution in [3.63, 3.8) is 0 Å². The maximum atomic E-state index is 11.5. The Balaban J connectivity index is 1.53. The molecule has 0 N–H and O–H groups in total. The zero-order valence-electron chi connectivity index (χ0n) is 22.1. The van der Waals surface area contributed by atoms with Gasteiger partial charge in [0.05, 0.1) is 0 Å². The van der Waals surface area contributed by atoms with Gasteiger partial charge in [0.2, 0.25) is 0 Å². The Hall–Kier alpha value is -0.790. The van der Waals surface area contributed by atoms with Crippen LogP contribution in [0.4, 0.5) is 0 Å². The van der Waals surface area contributed by atoms with E-state index < -0.39 is 0 Å². The Labute approximate surface area is 198 Å². The summed E-state index contributed by atoms with van der Waals surface area (Å²) in [6.45, 7) is 16.8. The molecule has 32 heavy (non-hydrogen) atoms. The van der Waals surface area contributed by atoms with E-state index in [2.05, 4.69) is 47.6 Å². The second-order valence-electron chi connectivity index (χ2n) is 13.4. The molecule has 0 unspecified atom stereocenters. The Morgan fingerprint density at radius 3 is 2.50 bits per heavy atom. The molecule has 2 heteroatoms. The van der Waals surface area contributed by atoms with Gasteiger partial charge in [0.25, 0.3) is 0 Å². The molecule has 0 radical (unpaired) electrons. The normalized spacial score (nSPS) is 44.3. The zero-order chi connectivity index (χ0) is 23.3. The third-order valence-electron chi connectivity index (χ3n) is 11.4. The molecule has 4 aliphatic carbocycles. The number of rotatable bonds is 6. The van der Waals surface area contributed by atoms with Crippen molar-refractivity contribution >= 4 is 5.97 Å². The molecule has 0 saturated heterocycles. The van der Waals surface area contributed by atoms with Gasteiger partial charge in [-0.15, -0.1) is 0 Å². The lowest BCUT2D eigenvalue weighted by atomic mass is 9.43. The molecular formula is C30H50O2. The highest BCUT2D eigenvalue weighted by Gasteiger charge is 2.63. The average Bonchev–Trinajstić information content (AvgIpc) is 2.99. The molecule has 0 aromatic heterocycles. The number of carbonyl (C=O) groups excluding carboxylic acids is 1. The van der Waals surface area contributed by atoms with Gasteiger partial charge in [-0.05, 0) is 97.2 Å². The first-order valence-electron chi connectivity index (χ1n) is 13.9. The molecule has 182 valence electrons. The van der Waals surface area contributed by atoms with Crippen LogP contribution in [0.1, 0.15) is 119 Å². The molecule has 0 amide bonds. The van der Waals surface area contributed by atoms with E-state index >= 15 is 0 Å². The van der Waals surface area contributed by atoms with E-state index in [1.54, 1.807) is 6.92 Å². The maximum absolute atomic E-state index is 11.5. The lowest BCUT2D eigenvalue weighted by Gasteiger charge is -2.61. The SMILES string of the molecule is CC(=O)O[C@H]1CC[C@@]2(C)[C@@H](CC=C3[C@@H]2CC[C@]2(C)[C@@H]([C@H](C)CCCC(C)C)CC[C@@]32C)C1. The summed E-state index contributed by atoms with van der Waals surface area (Å²) in [5.41, 5.74) is 3.08. The van der Waals surface area contributed by atoms with Crippen LogP contribution in [-0.2, 0) is 9.53 Å². The minimum absolute atomic E-state index is 0.105. The minimum Gasteiger partial charge on any atom is -0.463 e. The van der Waals surface area contributed by atoms with Gasteiger partial charge in [0.1, 0.15) is 6.10 Å². The third kappa shape index (κ3) is 3.90. The summed E-state index contributed by atoms with van der Waals surface area (Å²) in [5.74, 6) is 3.88. The molecule has 0 aromatic carbocycles. The molecule has 0 spiro atoms. The highest BCUT2D eigenvalue weighted by molar-refractivity contribution is 5.66. The molecule has 3 saturated carbocycles. The molecule has 0 bridgehead atoms. The summed E-state index contributed by atoms with van der Waals surface area (Å²) in [6, 6.07) is 0. The van der Waals surface area contributed by atoms with Crippen LogP contribution in [-0.4, -0.2) is 12.1 Å². The number of esters is 1. The van der Waals surface area contributed by atoms with Crippen LogP contribution in [0.15, 0.2) is 11.6 Å². The van der Waals surface area contributed by atoms with Crippen LogP contribution in [0.25, 0.3) is 0 Å². The van der Waals surface area contributed by atoms with Crippen molar-refractivity contribution in [2.45, 2.75) is 125 Å². The van der Waals surface area contributed by atoms with Gasteiger partial charge in [-0.2, -0.15) is 0 Å². The van der Waals surface area contributed by atoms with Crippen LogP contribution < -0.4 is 0 Å². The summed E-state index contributed by atoms with van der Waals surface area (Å²) in [6.07, 6.45) is 17.2. The van der Waals surface area contributed by atoms with Gasteiger partial charge in [-0.25, -0.2) is 0 Å². The first kappa shape index (κ1) is 24.3. The van der Waals surface area contributed by atoms with E-state index in [9.17, 15) is 4.79 Å². The molecule has 3 fully saturated rings. The van der Waals surface area contributed by atoms with Crippen LogP contribution in [0.2, 0.25) is 0 Å². The van der Waals surface area contributed by atoms with Crippen molar-refractivity contribution in [1.82, 2.24) is 0 Å².